The molecule has 0 atom stereocenters. The number of allylic oxidation sites excluding steroid dienone is 4. The van der Waals surface area contributed by atoms with E-state index < -0.39 is 0 Å². The van der Waals surface area contributed by atoms with Gasteiger partial charge < -0.3 is 14.7 Å². The van der Waals surface area contributed by atoms with Crippen LogP contribution in [0.25, 0.3) is 50.4 Å². The van der Waals surface area contributed by atoms with E-state index in [1.54, 1.807) is 0 Å². The zero-order valence-corrected chi connectivity index (χ0v) is 27.1. The van der Waals surface area contributed by atoms with Crippen molar-refractivity contribution in [1.82, 2.24) is 19.9 Å². The van der Waals surface area contributed by atoms with Crippen LogP contribution in [-0.2, 0) is 22.4 Å². The second-order valence-electron chi connectivity index (χ2n) is 11.4. The Balaban J connectivity index is 2.03. The molecule has 8 bridgehead atoms. The number of carbonyl (C=O) groups excluding carboxylic acids is 1. The molecule has 6 heteroatoms. The van der Waals surface area contributed by atoms with E-state index in [0.29, 0.717) is 6.61 Å². The van der Waals surface area contributed by atoms with Crippen molar-refractivity contribution in [2.24, 2.45) is 0 Å². The number of aromatic nitrogens is 4. The Labute approximate surface area is 255 Å². The number of aromatic amines is 2. The number of fused-ring (bicyclic) bond motifs is 8. The van der Waals surface area contributed by atoms with Crippen LogP contribution in [0.4, 0.5) is 0 Å². The molecule has 0 spiro atoms. The van der Waals surface area contributed by atoms with E-state index >= 15 is 0 Å². The van der Waals surface area contributed by atoms with Gasteiger partial charge in [-0.2, -0.15) is 0 Å². The molecule has 2 aliphatic rings. The Hall–Kier alpha value is -4.19. The van der Waals surface area contributed by atoms with Gasteiger partial charge in [-0.15, -0.1) is 0 Å². The van der Waals surface area contributed by atoms with Gasteiger partial charge in [-0.05, 0) is 129 Å². The van der Waals surface area contributed by atoms with Crippen molar-refractivity contribution in [2.45, 2.75) is 88.0 Å². The van der Waals surface area contributed by atoms with Crippen LogP contribution >= 0.6 is 0 Å². The summed E-state index contributed by atoms with van der Waals surface area (Å²) in [5, 5.41) is 0. The van der Waals surface area contributed by atoms with E-state index in [9.17, 15) is 4.79 Å². The zero-order chi connectivity index (χ0) is 31.0. The number of hydrogen-bond donors (Lipinski definition) is 2. The Morgan fingerprint density at radius 2 is 1.30 bits per heavy atom. The highest BCUT2D eigenvalue weighted by atomic mass is 16.5. The molecule has 5 rings (SSSR count). The lowest BCUT2D eigenvalue weighted by Gasteiger charge is -2.05. The summed E-state index contributed by atoms with van der Waals surface area (Å²) in [5.41, 5.74) is 18.6. The maximum atomic E-state index is 12.5. The lowest BCUT2D eigenvalue weighted by atomic mass is 9.99. The van der Waals surface area contributed by atoms with Gasteiger partial charge in [-0.3, -0.25) is 0 Å². The lowest BCUT2D eigenvalue weighted by molar-refractivity contribution is -0.137. The Kier molecular flexibility index (Phi) is 8.59. The number of aryl methyl sites for hydroxylation is 4. The summed E-state index contributed by atoms with van der Waals surface area (Å²) in [6.07, 6.45) is 6.89. The van der Waals surface area contributed by atoms with Gasteiger partial charge in [0, 0.05) is 28.2 Å². The van der Waals surface area contributed by atoms with Gasteiger partial charge in [0.15, 0.2) is 0 Å². The molecule has 0 saturated heterocycles. The number of nitrogens with one attached hydrogen (secondary N) is 2. The summed E-state index contributed by atoms with van der Waals surface area (Å²) in [4.78, 5) is 30.4. The molecule has 0 amide bonds. The molecule has 224 valence electrons. The first-order valence-corrected chi connectivity index (χ1v) is 15.7. The zero-order valence-electron chi connectivity index (χ0n) is 27.1. The third-order valence-electron chi connectivity index (χ3n) is 9.06. The van der Waals surface area contributed by atoms with E-state index in [-0.39, 0.29) is 5.97 Å². The second-order valence-corrected chi connectivity index (χ2v) is 11.4. The minimum atomic E-state index is -0.364. The number of H-pyrrole nitrogens is 2. The number of rotatable bonds is 7. The summed E-state index contributed by atoms with van der Waals surface area (Å²) in [6.45, 7) is 19.6. The molecule has 2 aliphatic heterocycles. The molecule has 6 nitrogen and oxygen atoms in total. The van der Waals surface area contributed by atoms with E-state index in [1.165, 1.54) is 45.0 Å². The van der Waals surface area contributed by atoms with Crippen LogP contribution < -0.4 is 0 Å². The highest BCUT2D eigenvalue weighted by molar-refractivity contribution is 5.99. The molecule has 0 aromatic carbocycles. The van der Waals surface area contributed by atoms with E-state index in [4.69, 9.17) is 14.7 Å². The molecule has 43 heavy (non-hydrogen) atoms. The van der Waals surface area contributed by atoms with Crippen LogP contribution in [0.5, 0.6) is 0 Å². The first kappa shape index (κ1) is 30.3. The highest BCUT2D eigenvalue weighted by Gasteiger charge is 2.22. The van der Waals surface area contributed by atoms with Crippen LogP contribution in [0, 0.1) is 13.8 Å². The Bertz CT molecular complexity index is 1880. The van der Waals surface area contributed by atoms with Gasteiger partial charge in [0.2, 0.25) is 0 Å². The van der Waals surface area contributed by atoms with Gasteiger partial charge in [-0.25, -0.2) is 14.8 Å². The van der Waals surface area contributed by atoms with Crippen LogP contribution in [0.15, 0.2) is 24.3 Å². The molecule has 0 unspecified atom stereocenters. The molecule has 0 aliphatic carbocycles. The Morgan fingerprint density at radius 3 is 1.93 bits per heavy atom. The maximum absolute atomic E-state index is 12.5. The maximum Gasteiger partial charge on any atom is 0.330 e. The minimum Gasteiger partial charge on any atom is -0.463 e. The average molecular weight is 577 g/mol. The molecular formula is C37H44N4O2. The number of ether oxygens (including phenoxy) is 1. The topological polar surface area (TPSA) is 83.7 Å². The fraction of sp³-hybridized carbons (Fsp3) is 0.378. The van der Waals surface area contributed by atoms with E-state index in [2.05, 4.69) is 83.6 Å². The van der Waals surface area contributed by atoms with Gasteiger partial charge >= 0.3 is 5.97 Å². The lowest BCUT2D eigenvalue weighted by Crippen LogP contribution is -1.99. The fourth-order valence-corrected chi connectivity index (χ4v) is 6.67. The molecule has 3 aromatic heterocycles. The van der Waals surface area contributed by atoms with Gasteiger partial charge in [0.25, 0.3) is 0 Å². The van der Waals surface area contributed by atoms with Crippen LogP contribution in [0.2, 0.25) is 0 Å². The van der Waals surface area contributed by atoms with E-state index in [0.717, 1.165) is 81.7 Å². The first-order valence-electron chi connectivity index (χ1n) is 15.7. The van der Waals surface area contributed by atoms with Gasteiger partial charge in [0.1, 0.15) is 0 Å². The summed E-state index contributed by atoms with van der Waals surface area (Å²) in [6, 6.07) is 6.59. The second kappa shape index (κ2) is 12.2. The standard InChI is InChI=1S/C37H44N4O2/c1-10-24-21(7)30-18-34-26(12-3)23(9)36(41-34)28(15-16-35(42)43-14-5)37-27(13-4)22(8)31(40-37)19-33-25(11-2)20(6)29(38-33)17-32(24)39-30/h15-19,39-40H,10-14H2,1-9H3. The number of carbonyl (C=O) groups is 1. The monoisotopic (exact) mass is 576 g/mol. The van der Waals surface area contributed by atoms with Crippen molar-refractivity contribution in [3.8, 4) is 0 Å². The fourth-order valence-electron chi connectivity index (χ4n) is 6.67. The molecule has 0 fully saturated rings. The molecule has 0 radical (unpaired) electrons. The van der Waals surface area contributed by atoms with E-state index in [1.807, 2.05) is 13.0 Å². The summed E-state index contributed by atoms with van der Waals surface area (Å²) < 4.78 is 5.26. The van der Waals surface area contributed by atoms with Crippen LogP contribution in [-0.4, -0.2) is 32.5 Å². The Morgan fingerprint density at radius 1 is 0.721 bits per heavy atom. The molecule has 5 heterocycles. The molecule has 2 N–H and O–H groups in total. The predicted octanol–water partition coefficient (Wildman–Crippen LogP) is 9.31. The first-order chi connectivity index (χ1) is 20.7. The van der Waals surface area contributed by atoms with Crippen molar-refractivity contribution in [3.63, 3.8) is 0 Å². The molecule has 3 aromatic rings. The van der Waals surface area contributed by atoms with Crippen molar-refractivity contribution in [2.75, 3.05) is 6.61 Å². The molecular weight excluding hydrogens is 532 g/mol. The summed E-state index contributed by atoms with van der Waals surface area (Å²) >= 11 is 0. The third-order valence-corrected chi connectivity index (χ3v) is 9.06. The smallest absolute Gasteiger partial charge is 0.330 e. The number of hydrogen-bond acceptors (Lipinski definition) is 4. The molecule has 0 saturated carbocycles. The van der Waals surface area contributed by atoms with Crippen molar-refractivity contribution < 1.29 is 9.53 Å². The normalized spacial score (nSPS) is 13.5. The largest absolute Gasteiger partial charge is 0.463 e. The minimum absolute atomic E-state index is 0.328. The van der Waals surface area contributed by atoms with Crippen LogP contribution in [0.3, 0.4) is 0 Å². The number of esters is 1. The predicted molar refractivity (Wildman–Crippen MR) is 180 cm³/mol. The quantitative estimate of drug-likeness (QED) is 0.217. The SMILES string of the molecule is CCOC(=O)C=Cc1c2nc(cc3[nH]c(cc4nc(cc5[nH]c1c(CC)c5C)C(CC)=C4C)c(CC)c3C)C(CC)=C2C. The van der Waals surface area contributed by atoms with Crippen LogP contribution in [0.1, 0.15) is 112 Å². The highest BCUT2D eigenvalue weighted by Crippen LogP contribution is 2.38. The van der Waals surface area contributed by atoms with Crippen molar-refractivity contribution in [3.05, 3.63) is 74.9 Å². The summed E-state index contributed by atoms with van der Waals surface area (Å²) in [7, 11) is 0. The number of nitrogens with zero attached hydrogens (tertiary/aromatic N) is 2. The van der Waals surface area contributed by atoms with Crippen molar-refractivity contribution in [1.29, 1.82) is 0 Å². The third kappa shape index (κ3) is 5.28. The average Bonchev–Trinajstić information content (AvgIpc) is 3.66. The van der Waals surface area contributed by atoms with Gasteiger partial charge in [-0.1, -0.05) is 27.7 Å². The van der Waals surface area contributed by atoms with Gasteiger partial charge in [0.05, 0.1) is 34.9 Å². The summed E-state index contributed by atoms with van der Waals surface area (Å²) in [5.74, 6) is -0.364. The van der Waals surface area contributed by atoms with Crippen molar-refractivity contribution >= 4 is 56.4 Å².